The third kappa shape index (κ3) is 5.00. The molecule has 2 rings (SSSR count). The monoisotopic (exact) mass is 346 g/mol. The number of hydrogen-bond acceptors (Lipinski definition) is 4. The van der Waals surface area contributed by atoms with Gasteiger partial charge in [-0.2, -0.15) is 0 Å². The molecule has 0 spiro atoms. The average Bonchev–Trinajstić information content (AvgIpc) is 2.55. The number of carbonyl (C=O) groups excluding carboxylic acids is 2. The highest BCUT2D eigenvalue weighted by molar-refractivity contribution is 8.08. The standard InChI is InChI=1S/C18H15ClO3S/c1-2-22-18(21)11-13-7-9-14(10-8-13)23-17(12-20)15-5-3-4-6-16(15)19/h3-10H,2,11H2,1H3. The molecule has 0 aliphatic carbocycles. The summed E-state index contributed by atoms with van der Waals surface area (Å²) in [6.45, 7) is 2.15. The lowest BCUT2D eigenvalue weighted by atomic mass is 10.1. The molecule has 23 heavy (non-hydrogen) atoms. The molecule has 0 aromatic heterocycles. The van der Waals surface area contributed by atoms with E-state index in [0.717, 1.165) is 10.5 Å². The zero-order valence-corrected chi connectivity index (χ0v) is 14.1. The Morgan fingerprint density at radius 2 is 1.87 bits per heavy atom. The predicted octanol–water partition coefficient (Wildman–Crippen LogP) is 4.41. The van der Waals surface area contributed by atoms with Crippen molar-refractivity contribution in [3.63, 3.8) is 0 Å². The minimum absolute atomic E-state index is 0.236. The Morgan fingerprint density at radius 3 is 2.48 bits per heavy atom. The number of halogens is 1. The molecule has 0 aliphatic heterocycles. The Balaban J connectivity index is 2.09. The topological polar surface area (TPSA) is 43.4 Å². The minimum Gasteiger partial charge on any atom is -0.466 e. The van der Waals surface area contributed by atoms with Crippen LogP contribution in [-0.2, 0) is 20.7 Å². The molecule has 0 amide bonds. The summed E-state index contributed by atoms with van der Waals surface area (Å²) in [4.78, 5) is 24.0. The maximum atomic E-state index is 11.4. The van der Waals surface area contributed by atoms with Gasteiger partial charge in [-0.1, -0.05) is 53.7 Å². The Kier molecular flexibility index (Phi) is 6.48. The van der Waals surface area contributed by atoms with Gasteiger partial charge in [0.25, 0.3) is 0 Å². The van der Waals surface area contributed by atoms with E-state index in [4.69, 9.17) is 16.3 Å². The van der Waals surface area contributed by atoms with Crippen LogP contribution in [0.1, 0.15) is 18.1 Å². The molecule has 0 fully saturated rings. The largest absolute Gasteiger partial charge is 0.466 e. The van der Waals surface area contributed by atoms with Crippen molar-refractivity contribution >= 4 is 40.2 Å². The van der Waals surface area contributed by atoms with Gasteiger partial charge in [0.2, 0.25) is 0 Å². The van der Waals surface area contributed by atoms with Crippen LogP contribution in [0.15, 0.2) is 53.4 Å². The van der Waals surface area contributed by atoms with Crippen LogP contribution in [-0.4, -0.2) is 18.5 Å². The molecule has 118 valence electrons. The molecule has 0 heterocycles. The van der Waals surface area contributed by atoms with Crippen LogP contribution < -0.4 is 0 Å². The first-order chi connectivity index (χ1) is 11.1. The van der Waals surface area contributed by atoms with Gasteiger partial charge in [-0.25, -0.2) is 4.79 Å². The van der Waals surface area contributed by atoms with Gasteiger partial charge >= 0.3 is 5.97 Å². The average molecular weight is 347 g/mol. The van der Waals surface area contributed by atoms with E-state index in [-0.39, 0.29) is 12.4 Å². The molecule has 2 aromatic rings. The van der Waals surface area contributed by atoms with Gasteiger partial charge in [-0.3, -0.25) is 4.79 Å². The van der Waals surface area contributed by atoms with Gasteiger partial charge in [-0.05, 0) is 30.7 Å². The molecular weight excluding hydrogens is 332 g/mol. The zero-order chi connectivity index (χ0) is 16.7. The van der Waals surface area contributed by atoms with Crippen LogP contribution in [0.2, 0.25) is 5.02 Å². The number of benzene rings is 2. The second kappa shape index (κ2) is 8.59. The molecule has 0 aliphatic rings. The SMILES string of the molecule is CCOC(=O)Cc1ccc(SC(=C=O)c2ccccc2Cl)cc1. The van der Waals surface area contributed by atoms with Crippen molar-refractivity contribution in [2.75, 3.05) is 6.61 Å². The quantitative estimate of drug-likeness (QED) is 0.441. The van der Waals surface area contributed by atoms with Crippen LogP contribution in [0.3, 0.4) is 0 Å². The van der Waals surface area contributed by atoms with E-state index in [2.05, 4.69) is 0 Å². The van der Waals surface area contributed by atoms with Crippen LogP contribution in [0.5, 0.6) is 0 Å². The zero-order valence-electron chi connectivity index (χ0n) is 12.5. The lowest BCUT2D eigenvalue weighted by molar-refractivity contribution is -0.142. The number of hydrogen-bond donors (Lipinski definition) is 0. The van der Waals surface area contributed by atoms with Gasteiger partial charge in [0.1, 0.15) is 10.8 Å². The van der Waals surface area contributed by atoms with Crippen molar-refractivity contribution < 1.29 is 14.3 Å². The van der Waals surface area contributed by atoms with Crippen LogP contribution in [0.25, 0.3) is 4.91 Å². The second-order valence-electron chi connectivity index (χ2n) is 4.64. The predicted molar refractivity (Wildman–Crippen MR) is 93.2 cm³/mol. The second-order valence-corrected chi connectivity index (χ2v) is 6.13. The van der Waals surface area contributed by atoms with E-state index in [1.54, 1.807) is 19.1 Å². The summed E-state index contributed by atoms with van der Waals surface area (Å²) in [6, 6.07) is 14.5. The first-order valence-electron chi connectivity index (χ1n) is 7.06. The Bertz CT molecular complexity index is 734. The maximum absolute atomic E-state index is 11.4. The molecule has 0 saturated carbocycles. The van der Waals surface area contributed by atoms with E-state index < -0.39 is 0 Å². The van der Waals surface area contributed by atoms with Gasteiger partial charge < -0.3 is 4.74 Å². The van der Waals surface area contributed by atoms with Crippen molar-refractivity contribution in [2.45, 2.75) is 18.2 Å². The van der Waals surface area contributed by atoms with Gasteiger partial charge in [0, 0.05) is 15.5 Å². The first kappa shape index (κ1) is 17.4. The number of carbonyl (C=O) groups is 1. The summed E-state index contributed by atoms with van der Waals surface area (Å²) >= 11 is 7.40. The van der Waals surface area contributed by atoms with Gasteiger partial charge in [0.05, 0.1) is 13.0 Å². The highest BCUT2D eigenvalue weighted by atomic mass is 35.5. The summed E-state index contributed by atoms with van der Waals surface area (Å²) in [6.07, 6.45) is 0.236. The lowest BCUT2D eigenvalue weighted by Gasteiger charge is -2.07. The smallest absolute Gasteiger partial charge is 0.310 e. The lowest BCUT2D eigenvalue weighted by Crippen LogP contribution is -2.07. The Hall–Kier alpha value is -2.00. The van der Waals surface area contributed by atoms with E-state index in [1.165, 1.54) is 11.8 Å². The molecule has 0 unspecified atom stereocenters. The van der Waals surface area contributed by atoms with Crippen molar-refractivity contribution in [3.8, 4) is 0 Å². The fraction of sp³-hybridized carbons (Fsp3) is 0.167. The molecule has 0 N–H and O–H groups in total. The van der Waals surface area contributed by atoms with Crippen molar-refractivity contribution in [1.29, 1.82) is 0 Å². The van der Waals surface area contributed by atoms with Crippen LogP contribution in [0.4, 0.5) is 0 Å². The van der Waals surface area contributed by atoms with E-state index >= 15 is 0 Å². The van der Waals surface area contributed by atoms with Gasteiger partial charge in [-0.15, -0.1) is 0 Å². The summed E-state index contributed by atoms with van der Waals surface area (Å²) < 4.78 is 4.91. The number of thioether (sulfide) groups is 1. The summed E-state index contributed by atoms with van der Waals surface area (Å²) in [5, 5.41) is 0.511. The van der Waals surface area contributed by atoms with Crippen molar-refractivity contribution in [1.82, 2.24) is 0 Å². The summed E-state index contributed by atoms with van der Waals surface area (Å²) in [5.41, 5.74) is 1.52. The summed E-state index contributed by atoms with van der Waals surface area (Å²) in [7, 11) is 0. The maximum Gasteiger partial charge on any atom is 0.310 e. The molecular formula is C18H15ClO3S. The number of rotatable bonds is 6. The van der Waals surface area contributed by atoms with Crippen molar-refractivity contribution in [3.05, 3.63) is 64.7 Å². The van der Waals surface area contributed by atoms with Crippen molar-refractivity contribution in [2.24, 2.45) is 0 Å². The third-order valence-electron chi connectivity index (χ3n) is 3.01. The fourth-order valence-corrected chi connectivity index (χ4v) is 3.07. The van der Waals surface area contributed by atoms with Gasteiger partial charge in [0.15, 0.2) is 0 Å². The third-order valence-corrected chi connectivity index (χ3v) is 4.35. The van der Waals surface area contributed by atoms with E-state index in [0.29, 0.717) is 22.1 Å². The molecule has 0 bridgehead atoms. The van der Waals surface area contributed by atoms with E-state index in [9.17, 15) is 9.59 Å². The highest BCUT2D eigenvalue weighted by Gasteiger charge is 2.10. The number of esters is 1. The summed E-state index contributed by atoms with van der Waals surface area (Å²) in [5.74, 6) is 1.69. The minimum atomic E-state index is -0.252. The number of ether oxygens (including phenoxy) is 1. The molecule has 3 nitrogen and oxygen atoms in total. The molecule has 0 atom stereocenters. The van der Waals surface area contributed by atoms with Crippen LogP contribution in [0, 0.1) is 0 Å². The normalized spacial score (nSPS) is 10.0. The molecule has 5 heteroatoms. The first-order valence-corrected chi connectivity index (χ1v) is 8.26. The van der Waals surface area contributed by atoms with Crippen LogP contribution >= 0.6 is 23.4 Å². The van der Waals surface area contributed by atoms with E-state index in [1.807, 2.05) is 42.3 Å². The fourth-order valence-electron chi connectivity index (χ4n) is 1.95. The highest BCUT2D eigenvalue weighted by Crippen LogP contribution is 2.35. The Morgan fingerprint density at radius 1 is 1.17 bits per heavy atom. The molecule has 2 aromatic carbocycles. The molecule has 0 saturated heterocycles. The Labute approximate surface area is 144 Å². The molecule has 0 radical (unpaired) electrons.